The van der Waals surface area contributed by atoms with Gasteiger partial charge in [0.1, 0.15) is 12.2 Å². The number of rotatable bonds is 6. The molecule has 2 rings (SSSR count). The summed E-state index contributed by atoms with van der Waals surface area (Å²) in [4.78, 5) is 34.4. The van der Waals surface area contributed by atoms with Crippen molar-refractivity contribution in [2.24, 2.45) is 0 Å². The number of hydrogen-bond acceptors (Lipinski definition) is 7. The van der Waals surface area contributed by atoms with Crippen LogP contribution in [0.5, 0.6) is 0 Å². The molecule has 4 N–H and O–H groups in total. The van der Waals surface area contributed by atoms with Crippen LogP contribution >= 0.6 is 8.38 Å². The number of H-pyrrole nitrogens is 1. The summed E-state index contributed by atoms with van der Waals surface area (Å²) in [5.74, 6) is 0. The molecule has 9 nitrogen and oxygen atoms in total. The number of ether oxygens (including phenoxy) is 1. The van der Waals surface area contributed by atoms with Crippen molar-refractivity contribution in [2.75, 3.05) is 12.8 Å². The van der Waals surface area contributed by atoms with Gasteiger partial charge in [-0.3, -0.25) is 14.3 Å². The number of nitrogens with zero attached hydrogens (tertiary/aromatic N) is 1. The highest BCUT2D eigenvalue weighted by Gasteiger charge is 2.43. The van der Waals surface area contributed by atoms with Crippen molar-refractivity contribution in [3.63, 3.8) is 0 Å². The van der Waals surface area contributed by atoms with E-state index >= 15 is 0 Å². The molecule has 0 spiro atoms. The van der Waals surface area contributed by atoms with Crippen LogP contribution in [0.3, 0.4) is 0 Å². The molecule has 1 aliphatic rings. The Hall–Kier alpha value is -1.09. The molecule has 2 unspecified atom stereocenters. The van der Waals surface area contributed by atoms with Gasteiger partial charge in [-0.25, -0.2) is 4.79 Å². The number of aliphatic hydroxyl groups excluding tert-OH is 2. The molecule has 1 saturated heterocycles. The highest BCUT2D eigenvalue weighted by atomic mass is 31.2. The van der Waals surface area contributed by atoms with E-state index < -0.39 is 44.2 Å². The zero-order valence-electron chi connectivity index (χ0n) is 12.0. The van der Waals surface area contributed by atoms with E-state index in [0.29, 0.717) is 6.61 Å². The van der Waals surface area contributed by atoms with Crippen LogP contribution < -0.4 is 11.2 Å². The van der Waals surface area contributed by atoms with Gasteiger partial charge in [-0.2, -0.15) is 0 Å². The summed E-state index contributed by atoms with van der Waals surface area (Å²) in [6.45, 7) is 2.14. The van der Waals surface area contributed by atoms with Gasteiger partial charge in [-0.1, -0.05) is 0 Å². The third-order valence-corrected chi connectivity index (χ3v) is 4.54. The van der Waals surface area contributed by atoms with Crippen LogP contribution in [-0.4, -0.2) is 55.7 Å². The molecule has 1 aliphatic heterocycles. The molecule has 1 fully saturated rings. The SMILES string of the molecule is CCOP(O)CC[C@H]1O[C@@H](n2ccc(=O)[nH]c2=O)[C@@H](O)C1O. The third-order valence-electron chi connectivity index (χ3n) is 3.35. The first kappa shape index (κ1) is 17.3. The predicted octanol–water partition coefficient (Wildman–Crippen LogP) is -1.11. The van der Waals surface area contributed by atoms with Crippen LogP contribution in [0.2, 0.25) is 0 Å². The van der Waals surface area contributed by atoms with Crippen molar-refractivity contribution in [1.29, 1.82) is 0 Å². The van der Waals surface area contributed by atoms with Gasteiger partial charge in [0.15, 0.2) is 14.6 Å². The molecule has 1 aromatic heterocycles. The molecule has 2 heterocycles. The molecule has 0 aromatic carbocycles. The second kappa shape index (κ2) is 7.45. The van der Waals surface area contributed by atoms with Gasteiger partial charge < -0.3 is 24.4 Å². The zero-order valence-corrected chi connectivity index (χ0v) is 12.8. The summed E-state index contributed by atoms with van der Waals surface area (Å²) < 4.78 is 11.6. The molecule has 5 atom stereocenters. The Morgan fingerprint density at radius 1 is 1.41 bits per heavy atom. The van der Waals surface area contributed by atoms with Crippen LogP contribution in [0.25, 0.3) is 0 Å². The van der Waals surface area contributed by atoms with E-state index in [2.05, 4.69) is 4.98 Å². The Morgan fingerprint density at radius 2 is 2.14 bits per heavy atom. The second-order valence-electron chi connectivity index (χ2n) is 4.85. The minimum absolute atomic E-state index is 0.273. The number of aromatic nitrogens is 2. The van der Waals surface area contributed by atoms with Crippen LogP contribution in [0.1, 0.15) is 19.6 Å². The van der Waals surface area contributed by atoms with Gasteiger partial charge in [0.2, 0.25) is 0 Å². The fourth-order valence-electron chi connectivity index (χ4n) is 2.28. The second-order valence-corrected chi connectivity index (χ2v) is 6.26. The Labute approximate surface area is 127 Å². The number of aliphatic hydroxyl groups is 2. The fourth-order valence-corrected chi connectivity index (χ4v) is 3.18. The van der Waals surface area contributed by atoms with Crippen LogP contribution in [0, 0.1) is 0 Å². The van der Waals surface area contributed by atoms with E-state index in [1.54, 1.807) is 6.92 Å². The Morgan fingerprint density at radius 3 is 2.77 bits per heavy atom. The topological polar surface area (TPSA) is 134 Å². The van der Waals surface area contributed by atoms with E-state index in [-0.39, 0.29) is 12.6 Å². The number of aromatic amines is 1. The van der Waals surface area contributed by atoms with Gasteiger partial charge in [-0.15, -0.1) is 0 Å². The largest absolute Gasteiger partial charge is 0.388 e. The first-order valence-electron chi connectivity index (χ1n) is 6.86. The smallest absolute Gasteiger partial charge is 0.330 e. The minimum atomic E-state index is -1.60. The van der Waals surface area contributed by atoms with Gasteiger partial charge in [-0.05, 0) is 13.3 Å². The first-order valence-corrected chi connectivity index (χ1v) is 8.26. The lowest BCUT2D eigenvalue weighted by Gasteiger charge is -2.17. The molecular formula is C12H19N2O7P. The first-order chi connectivity index (χ1) is 10.4. The summed E-state index contributed by atoms with van der Waals surface area (Å²) in [5, 5.41) is 20.0. The van der Waals surface area contributed by atoms with E-state index in [1.807, 2.05) is 0 Å². The van der Waals surface area contributed by atoms with Gasteiger partial charge in [0.25, 0.3) is 5.56 Å². The van der Waals surface area contributed by atoms with Crippen molar-refractivity contribution < 1.29 is 24.4 Å². The molecule has 10 heteroatoms. The van der Waals surface area contributed by atoms with E-state index in [9.17, 15) is 24.7 Å². The number of nitrogens with one attached hydrogen (secondary N) is 1. The van der Waals surface area contributed by atoms with Crippen molar-refractivity contribution in [1.82, 2.24) is 9.55 Å². The average molecular weight is 334 g/mol. The van der Waals surface area contributed by atoms with Gasteiger partial charge in [0.05, 0.1) is 12.7 Å². The van der Waals surface area contributed by atoms with Gasteiger partial charge >= 0.3 is 5.69 Å². The van der Waals surface area contributed by atoms with E-state index in [4.69, 9.17) is 9.26 Å². The maximum atomic E-state index is 11.7. The van der Waals surface area contributed by atoms with Crippen molar-refractivity contribution in [3.8, 4) is 0 Å². The molecule has 124 valence electrons. The highest BCUT2D eigenvalue weighted by molar-refractivity contribution is 7.46. The maximum absolute atomic E-state index is 11.7. The maximum Gasteiger partial charge on any atom is 0.330 e. The zero-order chi connectivity index (χ0) is 16.3. The molecule has 0 amide bonds. The molecule has 1 aromatic rings. The Bertz CT molecular complexity index is 604. The molecular weight excluding hydrogens is 315 g/mol. The lowest BCUT2D eigenvalue weighted by molar-refractivity contribution is -0.0404. The Balaban J connectivity index is 2.06. The fraction of sp³-hybridized carbons (Fsp3) is 0.667. The van der Waals surface area contributed by atoms with Crippen molar-refractivity contribution in [2.45, 2.75) is 37.9 Å². The summed E-state index contributed by atoms with van der Waals surface area (Å²) in [6.07, 6.45) is -2.60. The molecule has 0 radical (unpaired) electrons. The lowest BCUT2D eigenvalue weighted by Crippen LogP contribution is -2.37. The molecule has 0 bridgehead atoms. The normalized spacial score (nSPS) is 29.6. The molecule has 0 saturated carbocycles. The molecule has 0 aliphatic carbocycles. The predicted molar refractivity (Wildman–Crippen MR) is 77.5 cm³/mol. The summed E-state index contributed by atoms with van der Waals surface area (Å²) in [5.41, 5.74) is -1.29. The molecule has 22 heavy (non-hydrogen) atoms. The lowest BCUT2D eigenvalue weighted by atomic mass is 10.1. The van der Waals surface area contributed by atoms with Crippen molar-refractivity contribution in [3.05, 3.63) is 33.1 Å². The average Bonchev–Trinajstić information content (AvgIpc) is 2.74. The van der Waals surface area contributed by atoms with Gasteiger partial charge in [0, 0.05) is 18.4 Å². The summed E-state index contributed by atoms with van der Waals surface area (Å²) in [7, 11) is -1.60. The van der Waals surface area contributed by atoms with E-state index in [0.717, 1.165) is 10.6 Å². The summed E-state index contributed by atoms with van der Waals surface area (Å²) in [6, 6.07) is 1.12. The van der Waals surface area contributed by atoms with Crippen molar-refractivity contribution >= 4 is 8.38 Å². The number of hydrogen-bond donors (Lipinski definition) is 4. The van der Waals surface area contributed by atoms with Crippen LogP contribution in [0.4, 0.5) is 0 Å². The highest BCUT2D eigenvalue weighted by Crippen LogP contribution is 2.36. The Kier molecular flexibility index (Phi) is 5.85. The quantitative estimate of drug-likeness (QED) is 0.484. The standard InChI is InChI=1S/C12H19N2O7P/c1-2-20-22(19)6-4-7-9(16)10(17)11(21-7)14-5-3-8(15)13-12(14)18/h3,5,7,9-11,16-17,19H,2,4,6H2,1H3,(H,13,15,18)/t7-,9?,10+,11-,22?/m1/s1. The summed E-state index contributed by atoms with van der Waals surface area (Å²) >= 11 is 0. The monoisotopic (exact) mass is 334 g/mol. The minimum Gasteiger partial charge on any atom is -0.388 e. The third kappa shape index (κ3) is 3.81. The van der Waals surface area contributed by atoms with Crippen LogP contribution in [0.15, 0.2) is 21.9 Å². The van der Waals surface area contributed by atoms with E-state index in [1.165, 1.54) is 6.20 Å². The van der Waals surface area contributed by atoms with Crippen LogP contribution in [-0.2, 0) is 9.26 Å².